The van der Waals surface area contributed by atoms with Crippen LogP contribution in [-0.2, 0) is 0 Å². The van der Waals surface area contributed by atoms with E-state index < -0.39 is 0 Å². The average molecular weight is 377 g/mol. The summed E-state index contributed by atoms with van der Waals surface area (Å²) in [5.74, 6) is 0. The number of halogens is 3. The van der Waals surface area contributed by atoms with Gasteiger partial charge in [-0.05, 0) is 61.4 Å². The molecule has 24 heavy (non-hydrogen) atoms. The van der Waals surface area contributed by atoms with Crippen molar-refractivity contribution < 1.29 is 0 Å². The van der Waals surface area contributed by atoms with Crippen LogP contribution in [0.3, 0.4) is 0 Å². The normalized spacial score (nSPS) is 11.8. The molecule has 0 N–H and O–H groups in total. The number of hydrogen-bond donors (Lipinski definition) is 0. The quantitative estimate of drug-likeness (QED) is 0.510. The van der Waals surface area contributed by atoms with E-state index in [0.717, 1.165) is 28.1 Å². The summed E-state index contributed by atoms with van der Waals surface area (Å²) in [4.78, 5) is 0. The SMILES string of the molecule is C/C(=C\c1ccc(Cl)cc1)c1c(C)[c]nn1-c1ccc(Cl)cc1Cl. The molecule has 1 heterocycles. The van der Waals surface area contributed by atoms with E-state index in [1.165, 1.54) is 0 Å². The summed E-state index contributed by atoms with van der Waals surface area (Å²) in [5, 5.41) is 6.20. The Balaban J connectivity index is 2.08. The summed E-state index contributed by atoms with van der Waals surface area (Å²) in [5.41, 5.74) is 4.78. The average Bonchev–Trinajstić information content (AvgIpc) is 2.91. The molecule has 121 valence electrons. The lowest BCUT2D eigenvalue weighted by atomic mass is 10.1. The van der Waals surface area contributed by atoms with Gasteiger partial charge in [0, 0.05) is 15.6 Å². The van der Waals surface area contributed by atoms with Gasteiger partial charge in [0.1, 0.15) is 6.20 Å². The molecule has 1 aromatic heterocycles. The molecule has 2 nitrogen and oxygen atoms in total. The minimum atomic E-state index is 0.541. The zero-order valence-electron chi connectivity index (χ0n) is 13.1. The van der Waals surface area contributed by atoms with E-state index in [9.17, 15) is 0 Å². The molecule has 5 heteroatoms. The molecule has 0 atom stereocenters. The molecule has 0 amide bonds. The van der Waals surface area contributed by atoms with E-state index in [1.807, 2.05) is 44.2 Å². The molecule has 0 aliphatic heterocycles. The van der Waals surface area contributed by atoms with Gasteiger partial charge in [-0.25, -0.2) is 4.68 Å². The molecule has 0 aliphatic carbocycles. The second-order valence-electron chi connectivity index (χ2n) is 5.47. The number of aromatic nitrogens is 2. The number of rotatable bonds is 3. The second kappa shape index (κ2) is 7.02. The molecule has 0 saturated carbocycles. The Morgan fingerprint density at radius 1 is 1.04 bits per heavy atom. The van der Waals surface area contributed by atoms with Gasteiger partial charge < -0.3 is 0 Å². The summed E-state index contributed by atoms with van der Waals surface area (Å²) in [6.07, 6.45) is 5.09. The van der Waals surface area contributed by atoms with Crippen LogP contribution in [0.15, 0.2) is 42.5 Å². The van der Waals surface area contributed by atoms with Crippen molar-refractivity contribution in [3.63, 3.8) is 0 Å². The smallest absolute Gasteiger partial charge is 0.117 e. The van der Waals surface area contributed by atoms with Crippen LogP contribution in [0, 0.1) is 13.1 Å². The molecular formula is C19H14Cl3N2. The topological polar surface area (TPSA) is 17.8 Å². The van der Waals surface area contributed by atoms with Crippen LogP contribution in [0.2, 0.25) is 15.1 Å². The molecule has 0 spiro atoms. The molecule has 0 fully saturated rings. The Kier molecular flexibility index (Phi) is 5.00. The van der Waals surface area contributed by atoms with Crippen LogP contribution in [0.5, 0.6) is 0 Å². The van der Waals surface area contributed by atoms with Crippen LogP contribution >= 0.6 is 34.8 Å². The molecule has 3 aromatic rings. The summed E-state index contributed by atoms with van der Waals surface area (Å²) in [6.45, 7) is 4.01. The number of aryl methyl sites for hydroxylation is 1. The van der Waals surface area contributed by atoms with Crippen LogP contribution in [-0.4, -0.2) is 9.78 Å². The van der Waals surface area contributed by atoms with Gasteiger partial charge in [-0.15, -0.1) is 0 Å². The maximum Gasteiger partial charge on any atom is 0.117 e. The predicted octanol–water partition coefficient (Wildman–Crippen LogP) is 6.50. The van der Waals surface area contributed by atoms with Gasteiger partial charge in [0.05, 0.1) is 16.4 Å². The Hall–Kier alpha value is -1.74. The van der Waals surface area contributed by atoms with Crippen molar-refractivity contribution >= 4 is 46.5 Å². The van der Waals surface area contributed by atoms with E-state index in [4.69, 9.17) is 34.8 Å². The Morgan fingerprint density at radius 2 is 1.71 bits per heavy atom. The summed E-state index contributed by atoms with van der Waals surface area (Å²) >= 11 is 18.3. The molecule has 0 saturated heterocycles. The number of nitrogens with zero attached hydrogens (tertiary/aromatic N) is 2. The van der Waals surface area contributed by atoms with Gasteiger partial charge in [0.25, 0.3) is 0 Å². The Labute approximate surface area is 156 Å². The molecule has 0 unspecified atom stereocenters. The minimum Gasteiger partial charge on any atom is -0.231 e. The first-order valence-corrected chi connectivity index (χ1v) is 8.46. The monoisotopic (exact) mass is 375 g/mol. The van der Waals surface area contributed by atoms with E-state index in [1.54, 1.807) is 16.8 Å². The van der Waals surface area contributed by atoms with Crippen molar-refractivity contribution in [3.8, 4) is 5.69 Å². The van der Waals surface area contributed by atoms with E-state index in [0.29, 0.717) is 15.1 Å². The van der Waals surface area contributed by atoms with Crippen molar-refractivity contribution in [3.05, 3.63) is 80.6 Å². The molecule has 1 radical (unpaired) electrons. The van der Waals surface area contributed by atoms with E-state index in [2.05, 4.69) is 17.4 Å². The first-order chi connectivity index (χ1) is 11.5. The first kappa shape index (κ1) is 17.1. The summed E-state index contributed by atoms with van der Waals surface area (Å²) < 4.78 is 1.79. The van der Waals surface area contributed by atoms with Crippen LogP contribution < -0.4 is 0 Å². The largest absolute Gasteiger partial charge is 0.231 e. The van der Waals surface area contributed by atoms with Gasteiger partial charge in [-0.2, -0.15) is 5.10 Å². The Bertz CT molecular complexity index is 909. The van der Waals surface area contributed by atoms with Crippen molar-refractivity contribution in [2.24, 2.45) is 0 Å². The molecular weight excluding hydrogens is 363 g/mol. The van der Waals surface area contributed by atoms with Gasteiger partial charge in [-0.1, -0.05) is 46.9 Å². The summed E-state index contributed by atoms with van der Waals surface area (Å²) in [6, 6.07) is 13.0. The van der Waals surface area contributed by atoms with Crippen molar-refractivity contribution in [1.29, 1.82) is 0 Å². The molecule has 0 bridgehead atoms. The number of hydrogen-bond acceptors (Lipinski definition) is 1. The highest BCUT2D eigenvalue weighted by atomic mass is 35.5. The third-order valence-electron chi connectivity index (χ3n) is 3.65. The van der Waals surface area contributed by atoms with Crippen molar-refractivity contribution in [2.75, 3.05) is 0 Å². The standard InChI is InChI=1S/C19H14Cl3N2/c1-12(9-14-3-5-15(20)6-4-14)19-13(2)11-23-24(19)18-8-7-16(21)10-17(18)22/h3-10H,1-2H3/b12-9+. The third-order valence-corrected chi connectivity index (χ3v) is 4.44. The van der Waals surface area contributed by atoms with Crippen molar-refractivity contribution in [2.45, 2.75) is 13.8 Å². The van der Waals surface area contributed by atoms with E-state index in [-0.39, 0.29) is 0 Å². The van der Waals surface area contributed by atoms with Crippen LogP contribution in [0.25, 0.3) is 17.3 Å². The first-order valence-electron chi connectivity index (χ1n) is 7.32. The second-order valence-corrected chi connectivity index (χ2v) is 6.75. The van der Waals surface area contributed by atoms with Crippen molar-refractivity contribution in [1.82, 2.24) is 9.78 Å². The molecule has 2 aromatic carbocycles. The predicted molar refractivity (Wildman–Crippen MR) is 102 cm³/mol. The number of allylic oxidation sites excluding steroid dienone is 1. The zero-order chi connectivity index (χ0) is 17.3. The lowest BCUT2D eigenvalue weighted by Gasteiger charge is -2.11. The Morgan fingerprint density at radius 3 is 2.38 bits per heavy atom. The fraction of sp³-hybridized carbons (Fsp3) is 0.105. The van der Waals surface area contributed by atoms with Gasteiger partial charge >= 0.3 is 0 Å². The zero-order valence-corrected chi connectivity index (χ0v) is 15.4. The highest BCUT2D eigenvalue weighted by molar-refractivity contribution is 6.35. The van der Waals surface area contributed by atoms with E-state index >= 15 is 0 Å². The highest BCUT2D eigenvalue weighted by Gasteiger charge is 2.14. The number of benzene rings is 2. The lowest BCUT2D eigenvalue weighted by molar-refractivity contribution is 0.863. The lowest BCUT2D eigenvalue weighted by Crippen LogP contribution is -2.02. The third kappa shape index (κ3) is 3.51. The highest BCUT2D eigenvalue weighted by Crippen LogP contribution is 2.29. The minimum absolute atomic E-state index is 0.541. The fourth-order valence-electron chi connectivity index (χ4n) is 2.55. The van der Waals surface area contributed by atoms with Gasteiger partial charge in [0.15, 0.2) is 0 Å². The van der Waals surface area contributed by atoms with Gasteiger partial charge in [0.2, 0.25) is 0 Å². The maximum atomic E-state index is 6.33. The summed E-state index contributed by atoms with van der Waals surface area (Å²) in [7, 11) is 0. The van der Waals surface area contributed by atoms with Crippen LogP contribution in [0.4, 0.5) is 0 Å². The molecule has 0 aliphatic rings. The fourth-order valence-corrected chi connectivity index (χ4v) is 3.17. The van der Waals surface area contributed by atoms with Crippen LogP contribution in [0.1, 0.15) is 23.7 Å². The maximum absolute atomic E-state index is 6.33. The molecule has 3 rings (SSSR count). The van der Waals surface area contributed by atoms with Gasteiger partial charge in [-0.3, -0.25) is 0 Å².